The summed E-state index contributed by atoms with van der Waals surface area (Å²) in [7, 11) is 4.96. The SMILES string of the molecule is COc1ccc2[nH]c(Cn3c(=O)c4c(nc(Nc5ccncc5)n4C)n(C)c3=O)cc2c1. The van der Waals surface area contributed by atoms with Crippen LogP contribution in [0.4, 0.5) is 11.6 Å². The van der Waals surface area contributed by atoms with Crippen LogP contribution in [0, 0.1) is 0 Å². The van der Waals surface area contributed by atoms with Gasteiger partial charge in [-0.2, -0.15) is 4.98 Å². The molecule has 2 N–H and O–H groups in total. The Balaban J connectivity index is 1.60. The van der Waals surface area contributed by atoms with Crippen LogP contribution in [0.5, 0.6) is 5.75 Å². The Labute approximate surface area is 181 Å². The molecule has 5 aromatic rings. The molecule has 0 atom stereocenters. The second kappa shape index (κ2) is 7.41. The molecule has 0 radical (unpaired) electrons. The van der Waals surface area contributed by atoms with Gasteiger partial charge < -0.3 is 19.6 Å². The molecule has 4 aromatic heterocycles. The summed E-state index contributed by atoms with van der Waals surface area (Å²) in [4.78, 5) is 38.1. The topological polar surface area (TPSA) is 112 Å². The number of H-pyrrole nitrogens is 1. The number of fused-ring (bicyclic) bond motifs is 2. The highest BCUT2D eigenvalue weighted by atomic mass is 16.5. The maximum absolute atomic E-state index is 13.3. The molecule has 10 nitrogen and oxygen atoms in total. The number of hydrogen-bond donors (Lipinski definition) is 2. The highest BCUT2D eigenvalue weighted by molar-refractivity contribution is 5.82. The number of nitrogens with one attached hydrogen (secondary N) is 2. The Morgan fingerprint density at radius 2 is 1.84 bits per heavy atom. The number of methoxy groups -OCH3 is 1. The first-order valence-electron chi connectivity index (χ1n) is 9.95. The summed E-state index contributed by atoms with van der Waals surface area (Å²) in [6.45, 7) is 0.108. The summed E-state index contributed by atoms with van der Waals surface area (Å²) in [5, 5.41) is 4.10. The number of rotatable bonds is 5. The van der Waals surface area contributed by atoms with Gasteiger partial charge in [0.1, 0.15) is 5.75 Å². The number of pyridine rings is 1. The second-order valence-corrected chi connectivity index (χ2v) is 7.51. The molecule has 32 heavy (non-hydrogen) atoms. The zero-order valence-corrected chi connectivity index (χ0v) is 17.8. The molecule has 0 aliphatic carbocycles. The Hall–Kier alpha value is -4.34. The van der Waals surface area contributed by atoms with E-state index in [1.807, 2.05) is 24.3 Å². The number of nitrogens with zero attached hydrogens (tertiary/aromatic N) is 5. The Morgan fingerprint density at radius 3 is 2.59 bits per heavy atom. The molecular weight excluding hydrogens is 410 g/mol. The van der Waals surface area contributed by atoms with E-state index in [4.69, 9.17) is 4.74 Å². The third-order valence-electron chi connectivity index (χ3n) is 5.51. The lowest BCUT2D eigenvalue weighted by Gasteiger charge is -2.08. The van der Waals surface area contributed by atoms with Crippen LogP contribution in [0.3, 0.4) is 0 Å². The number of ether oxygens (including phenoxy) is 1. The zero-order chi connectivity index (χ0) is 22.4. The number of hydrogen-bond acceptors (Lipinski definition) is 6. The number of aryl methyl sites for hydroxylation is 2. The van der Waals surface area contributed by atoms with Gasteiger partial charge in [0.05, 0.1) is 13.7 Å². The summed E-state index contributed by atoms with van der Waals surface area (Å²) < 4.78 is 9.52. The van der Waals surface area contributed by atoms with E-state index in [1.165, 1.54) is 9.13 Å². The molecule has 162 valence electrons. The van der Waals surface area contributed by atoms with E-state index >= 15 is 0 Å². The van der Waals surface area contributed by atoms with Crippen molar-refractivity contribution >= 4 is 33.7 Å². The van der Waals surface area contributed by atoms with Gasteiger partial charge in [0, 0.05) is 48.8 Å². The summed E-state index contributed by atoms with van der Waals surface area (Å²) in [5.74, 6) is 1.19. The van der Waals surface area contributed by atoms with Crippen LogP contribution in [0.15, 0.2) is 58.4 Å². The van der Waals surface area contributed by atoms with Gasteiger partial charge in [0.2, 0.25) is 5.95 Å². The maximum Gasteiger partial charge on any atom is 0.332 e. The van der Waals surface area contributed by atoms with Crippen molar-refractivity contribution in [1.29, 1.82) is 0 Å². The highest BCUT2D eigenvalue weighted by Gasteiger charge is 2.19. The lowest BCUT2D eigenvalue weighted by atomic mass is 10.2. The third kappa shape index (κ3) is 3.13. The molecule has 1 aromatic carbocycles. The number of benzene rings is 1. The van der Waals surface area contributed by atoms with Gasteiger partial charge in [-0.3, -0.25) is 18.9 Å². The van der Waals surface area contributed by atoms with Gasteiger partial charge in [-0.15, -0.1) is 0 Å². The molecule has 10 heteroatoms. The first-order valence-corrected chi connectivity index (χ1v) is 9.95. The monoisotopic (exact) mass is 431 g/mol. The van der Waals surface area contributed by atoms with Crippen molar-refractivity contribution in [3.05, 3.63) is 75.3 Å². The Kier molecular flexibility index (Phi) is 4.54. The predicted molar refractivity (Wildman–Crippen MR) is 122 cm³/mol. The number of aromatic amines is 1. The minimum atomic E-state index is -0.438. The number of anilines is 2. The average Bonchev–Trinajstić information content (AvgIpc) is 3.36. The lowest BCUT2D eigenvalue weighted by molar-refractivity contribution is 0.415. The van der Waals surface area contributed by atoms with Crippen molar-refractivity contribution < 1.29 is 4.74 Å². The molecular formula is C22H21N7O3. The minimum Gasteiger partial charge on any atom is -0.497 e. The maximum atomic E-state index is 13.3. The number of imidazole rings is 1. The van der Waals surface area contributed by atoms with Crippen molar-refractivity contribution in [2.24, 2.45) is 14.1 Å². The van der Waals surface area contributed by atoms with Gasteiger partial charge in [0.15, 0.2) is 11.2 Å². The van der Waals surface area contributed by atoms with Crippen molar-refractivity contribution in [2.45, 2.75) is 6.54 Å². The van der Waals surface area contributed by atoms with E-state index in [2.05, 4.69) is 20.3 Å². The van der Waals surface area contributed by atoms with Crippen LogP contribution < -0.4 is 21.3 Å². The van der Waals surface area contributed by atoms with Crippen LogP contribution in [0.25, 0.3) is 22.1 Å². The fourth-order valence-corrected chi connectivity index (χ4v) is 3.81. The van der Waals surface area contributed by atoms with E-state index in [0.29, 0.717) is 17.1 Å². The van der Waals surface area contributed by atoms with E-state index in [0.717, 1.165) is 28.0 Å². The van der Waals surface area contributed by atoms with E-state index in [-0.39, 0.29) is 6.54 Å². The third-order valence-corrected chi connectivity index (χ3v) is 5.51. The predicted octanol–water partition coefficient (Wildman–Crippen LogP) is 2.11. The van der Waals surface area contributed by atoms with E-state index in [1.54, 1.807) is 50.3 Å². The fraction of sp³-hybridized carbons (Fsp3) is 0.182. The van der Waals surface area contributed by atoms with Gasteiger partial charge in [-0.1, -0.05) is 0 Å². The first kappa shape index (κ1) is 19.6. The van der Waals surface area contributed by atoms with Crippen LogP contribution in [-0.4, -0.2) is 35.8 Å². The molecule has 0 saturated carbocycles. The van der Waals surface area contributed by atoms with Crippen LogP contribution >= 0.6 is 0 Å². The van der Waals surface area contributed by atoms with E-state index < -0.39 is 11.2 Å². The van der Waals surface area contributed by atoms with Gasteiger partial charge >= 0.3 is 5.69 Å². The van der Waals surface area contributed by atoms with Gasteiger partial charge in [-0.25, -0.2) is 4.79 Å². The van der Waals surface area contributed by atoms with Crippen molar-refractivity contribution in [1.82, 2.24) is 28.7 Å². The summed E-state index contributed by atoms with van der Waals surface area (Å²) in [6, 6.07) is 11.2. The molecule has 4 heterocycles. The second-order valence-electron chi connectivity index (χ2n) is 7.51. The van der Waals surface area contributed by atoms with Crippen molar-refractivity contribution in [3.8, 4) is 5.75 Å². The van der Waals surface area contributed by atoms with Crippen molar-refractivity contribution in [2.75, 3.05) is 12.4 Å². The van der Waals surface area contributed by atoms with Gasteiger partial charge in [-0.05, 0) is 36.4 Å². The molecule has 0 saturated heterocycles. The Morgan fingerprint density at radius 1 is 1.06 bits per heavy atom. The molecule has 0 fully saturated rings. The summed E-state index contributed by atoms with van der Waals surface area (Å²) in [5.41, 5.74) is 2.22. The molecule has 0 spiro atoms. The standard InChI is InChI=1S/C22H21N7O3/c1-27-18-19(26-21(27)25-14-6-8-23-9-7-14)28(2)22(31)29(20(18)30)12-15-10-13-11-16(32-3)4-5-17(13)24-15/h4-11,24H,12H2,1-3H3,(H,23,25,26). The molecule has 5 rings (SSSR count). The fourth-order valence-electron chi connectivity index (χ4n) is 3.81. The quantitative estimate of drug-likeness (QED) is 0.441. The number of aromatic nitrogens is 6. The molecule has 0 amide bonds. The van der Waals surface area contributed by atoms with Gasteiger partial charge in [0.25, 0.3) is 5.56 Å². The molecule has 0 unspecified atom stereocenters. The molecule has 0 bridgehead atoms. The summed E-state index contributed by atoms with van der Waals surface area (Å²) >= 11 is 0. The molecule has 0 aliphatic rings. The van der Waals surface area contributed by atoms with Crippen LogP contribution in [0.2, 0.25) is 0 Å². The average molecular weight is 431 g/mol. The first-order chi connectivity index (χ1) is 15.5. The normalized spacial score (nSPS) is 11.3. The Bertz CT molecular complexity index is 1570. The largest absolute Gasteiger partial charge is 0.497 e. The van der Waals surface area contributed by atoms with Crippen LogP contribution in [0.1, 0.15) is 5.69 Å². The zero-order valence-electron chi connectivity index (χ0n) is 17.8. The van der Waals surface area contributed by atoms with Crippen molar-refractivity contribution in [3.63, 3.8) is 0 Å². The lowest BCUT2D eigenvalue weighted by Crippen LogP contribution is -2.39. The molecule has 0 aliphatic heterocycles. The summed E-state index contributed by atoms with van der Waals surface area (Å²) in [6.07, 6.45) is 3.31. The smallest absolute Gasteiger partial charge is 0.332 e. The van der Waals surface area contributed by atoms with Crippen LogP contribution in [-0.2, 0) is 20.6 Å². The highest BCUT2D eigenvalue weighted by Crippen LogP contribution is 2.22. The minimum absolute atomic E-state index is 0.108. The van der Waals surface area contributed by atoms with E-state index in [9.17, 15) is 9.59 Å².